The van der Waals surface area contributed by atoms with Gasteiger partial charge in [-0.2, -0.15) is 0 Å². The van der Waals surface area contributed by atoms with E-state index < -0.39 is 0 Å². The van der Waals surface area contributed by atoms with Gasteiger partial charge in [-0.05, 0) is 43.8 Å². The summed E-state index contributed by atoms with van der Waals surface area (Å²) in [5.74, 6) is 1.72. The molecule has 0 fully saturated rings. The summed E-state index contributed by atoms with van der Waals surface area (Å²) in [6.45, 7) is 18.5. The van der Waals surface area contributed by atoms with Crippen LogP contribution in [0.1, 0.15) is 77.6 Å². The lowest BCUT2D eigenvalue weighted by Gasteiger charge is -2.40. The Hall–Kier alpha value is -3.31. The van der Waals surface area contributed by atoms with Crippen LogP contribution in [0.15, 0.2) is 84.9 Å². The Bertz CT molecular complexity index is 1610. The summed E-state index contributed by atoms with van der Waals surface area (Å²) in [6.07, 6.45) is 0. The Kier molecular flexibility index (Phi) is 8.92. The lowest BCUT2D eigenvalue weighted by atomic mass is 9.52. The van der Waals surface area contributed by atoms with E-state index in [-0.39, 0.29) is 30.1 Å². The first kappa shape index (κ1) is 32.1. The highest BCUT2D eigenvalue weighted by Gasteiger charge is 2.42. The number of ether oxygens (including phenoxy) is 1. The smallest absolute Gasteiger partial charge is 0.365 e. The first-order valence-electron chi connectivity index (χ1n) is 15.8. The van der Waals surface area contributed by atoms with Gasteiger partial charge in [-0.15, -0.1) is 0 Å². The highest BCUT2D eigenvalue weighted by atomic mass is 16.5. The van der Waals surface area contributed by atoms with Crippen LogP contribution in [-0.2, 0) is 25.6 Å². The third kappa shape index (κ3) is 6.13. The molecule has 0 aliphatic carbocycles. The lowest BCUT2D eigenvalue weighted by Crippen LogP contribution is -2.49. The van der Waals surface area contributed by atoms with Crippen LogP contribution in [0, 0.1) is 0 Å². The number of rotatable bonds is 8. The minimum absolute atomic E-state index is 0.0675. The fourth-order valence-electron chi connectivity index (χ4n) is 6.21. The molecule has 0 saturated heterocycles. The molecular formula is C38H47B2NO3. The van der Waals surface area contributed by atoms with Crippen molar-refractivity contribution in [1.29, 1.82) is 0 Å². The van der Waals surface area contributed by atoms with E-state index in [4.69, 9.17) is 19.8 Å². The molecule has 0 atom stereocenters. The Balaban J connectivity index is 1.83. The molecule has 1 heterocycles. The van der Waals surface area contributed by atoms with Crippen molar-refractivity contribution < 1.29 is 14.0 Å². The van der Waals surface area contributed by atoms with Gasteiger partial charge >= 0.3 is 13.8 Å². The molecule has 0 saturated carbocycles. The normalized spacial score (nSPS) is 14.0. The van der Waals surface area contributed by atoms with Crippen molar-refractivity contribution in [1.82, 2.24) is 0 Å². The van der Waals surface area contributed by atoms with Crippen LogP contribution >= 0.6 is 0 Å². The van der Waals surface area contributed by atoms with Crippen LogP contribution in [0.3, 0.4) is 0 Å². The second-order valence-corrected chi connectivity index (χ2v) is 14.6. The largest absolute Gasteiger partial charge is 0.458 e. The highest BCUT2D eigenvalue weighted by Crippen LogP contribution is 2.49. The van der Waals surface area contributed by atoms with Crippen LogP contribution in [-0.4, -0.2) is 34.1 Å². The topological polar surface area (TPSA) is 53.7 Å². The fraction of sp³-hybridized carbons (Fsp3) is 0.368. The summed E-state index contributed by atoms with van der Waals surface area (Å²) in [4.78, 5) is 0. The van der Waals surface area contributed by atoms with E-state index in [1.807, 2.05) is 12.1 Å². The first-order valence-corrected chi connectivity index (χ1v) is 15.8. The SMILES string of the molecule is COB(c1ccccc1)c1cc(C(C)(C)C)cc2c1Oc1c(B(OCCN)c3ccccc3)cc(C(C)(C)C)cc1C2(C)C. The van der Waals surface area contributed by atoms with Crippen molar-refractivity contribution in [2.45, 2.75) is 71.6 Å². The van der Waals surface area contributed by atoms with Crippen LogP contribution in [0.2, 0.25) is 0 Å². The van der Waals surface area contributed by atoms with Gasteiger partial charge < -0.3 is 19.8 Å². The lowest BCUT2D eigenvalue weighted by molar-refractivity contribution is 0.343. The van der Waals surface area contributed by atoms with Crippen molar-refractivity contribution in [2.24, 2.45) is 5.73 Å². The maximum atomic E-state index is 7.21. The number of benzene rings is 4. The van der Waals surface area contributed by atoms with Crippen molar-refractivity contribution in [3.05, 3.63) is 107 Å². The molecule has 228 valence electrons. The molecular weight excluding hydrogens is 540 g/mol. The zero-order chi connectivity index (χ0) is 31.9. The van der Waals surface area contributed by atoms with E-state index in [0.717, 1.165) is 38.9 Å². The molecule has 0 bridgehead atoms. The highest BCUT2D eigenvalue weighted by molar-refractivity contribution is 6.81. The summed E-state index contributed by atoms with van der Waals surface area (Å²) >= 11 is 0. The standard InChI is InChI=1S/C38H47B2NO3/c1-36(2,3)26-22-30-34(32(24-26)39(42-9)28-16-12-10-13-17-28)44-35-31(38(30,7)8)23-27(37(4,5)6)25-33(35)40(43-21-20-41)29-18-14-11-15-19-29/h10-19,22-25H,20-21,41H2,1-9H3. The van der Waals surface area contributed by atoms with Gasteiger partial charge in [-0.25, -0.2) is 0 Å². The molecule has 0 aromatic heterocycles. The monoisotopic (exact) mass is 587 g/mol. The summed E-state index contributed by atoms with van der Waals surface area (Å²) in [5.41, 5.74) is 14.5. The maximum Gasteiger partial charge on any atom is 0.365 e. The quantitative estimate of drug-likeness (QED) is 0.275. The molecule has 5 rings (SSSR count). The number of nitrogens with two attached hydrogens (primary N) is 1. The average Bonchev–Trinajstić information content (AvgIpc) is 2.98. The molecule has 6 heteroatoms. The average molecular weight is 587 g/mol. The molecule has 4 nitrogen and oxygen atoms in total. The molecule has 4 aromatic rings. The molecule has 44 heavy (non-hydrogen) atoms. The van der Waals surface area contributed by atoms with E-state index in [0.29, 0.717) is 13.2 Å². The predicted octanol–water partition coefficient (Wildman–Crippen LogP) is 5.55. The number of hydrogen-bond acceptors (Lipinski definition) is 4. The van der Waals surface area contributed by atoms with Gasteiger partial charge in [0.2, 0.25) is 0 Å². The van der Waals surface area contributed by atoms with Gasteiger partial charge in [0.15, 0.2) is 0 Å². The van der Waals surface area contributed by atoms with Crippen LogP contribution in [0.25, 0.3) is 0 Å². The minimum Gasteiger partial charge on any atom is -0.458 e. The zero-order valence-corrected chi connectivity index (χ0v) is 28.0. The summed E-state index contributed by atoms with van der Waals surface area (Å²) in [6, 6.07) is 30.1. The van der Waals surface area contributed by atoms with Gasteiger partial charge in [0.05, 0.1) is 0 Å². The summed E-state index contributed by atoms with van der Waals surface area (Å²) in [5, 5.41) is 0. The molecule has 4 aromatic carbocycles. The molecule has 0 unspecified atom stereocenters. The number of fused-ring (bicyclic) bond motifs is 2. The second kappa shape index (κ2) is 12.2. The fourth-order valence-corrected chi connectivity index (χ4v) is 6.21. The van der Waals surface area contributed by atoms with E-state index in [1.165, 1.54) is 16.7 Å². The molecule has 0 spiro atoms. The molecule has 0 radical (unpaired) electrons. The van der Waals surface area contributed by atoms with Crippen molar-refractivity contribution >= 4 is 35.7 Å². The minimum atomic E-state index is -0.362. The molecule has 1 aliphatic rings. The Labute approximate surface area is 265 Å². The van der Waals surface area contributed by atoms with Gasteiger partial charge in [-0.3, -0.25) is 0 Å². The van der Waals surface area contributed by atoms with Gasteiger partial charge in [0, 0.05) is 36.8 Å². The maximum absolute atomic E-state index is 7.21. The van der Waals surface area contributed by atoms with E-state index in [9.17, 15) is 0 Å². The molecule has 1 aliphatic heterocycles. The van der Waals surface area contributed by atoms with Crippen LogP contribution < -0.4 is 32.3 Å². The van der Waals surface area contributed by atoms with Crippen molar-refractivity contribution in [2.75, 3.05) is 20.3 Å². The summed E-state index contributed by atoms with van der Waals surface area (Å²) in [7, 11) is 1.78. The molecule has 2 N–H and O–H groups in total. The van der Waals surface area contributed by atoms with E-state index >= 15 is 0 Å². The first-order chi connectivity index (χ1) is 20.8. The Morgan fingerprint density at radius 3 is 1.52 bits per heavy atom. The Morgan fingerprint density at radius 2 is 1.11 bits per heavy atom. The van der Waals surface area contributed by atoms with Crippen LogP contribution in [0.4, 0.5) is 0 Å². The third-order valence-corrected chi connectivity index (χ3v) is 8.93. The summed E-state index contributed by atoms with van der Waals surface area (Å²) < 4.78 is 20.0. The van der Waals surface area contributed by atoms with E-state index in [1.54, 1.807) is 7.11 Å². The van der Waals surface area contributed by atoms with Gasteiger partial charge in [0.25, 0.3) is 0 Å². The predicted molar refractivity (Wildman–Crippen MR) is 187 cm³/mol. The van der Waals surface area contributed by atoms with Crippen molar-refractivity contribution in [3.8, 4) is 11.5 Å². The Morgan fingerprint density at radius 1 is 0.682 bits per heavy atom. The van der Waals surface area contributed by atoms with Gasteiger partial charge in [0.1, 0.15) is 11.5 Å². The van der Waals surface area contributed by atoms with Gasteiger partial charge in [-0.1, -0.05) is 140 Å². The third-order valence-electron chi connectivity index (χ3n) is 8.93. The van der Waals surface area contributed by atoms with Crippen LogP contribution in [0.5, 0.6) is 11.5 Å². The van der Waals surface area contributed by atoms with Crippen molar-refractivity contribution in [3.63, 3.8) is 0 Å². The zero-order valence-electron chi connectivity index (χ0n) is 28.0. The van der Waals surface area contributed by atoms with E-state index in [2.05, 4.69) is 128 Å². The number of hydrogen-bond donors (Lipinski definition) is 1. The second-order valence-electron chi connectivity index (χ2n) is 14.6. The molecule has 0 amide bonds.